The molecule has 0 aromatic carbocycles. The van der Waals surface area contributed by atoms with E-state index in [1.807, 2.05) is 25.7 Å². The van der Waals surface area contributed by atoms with Crippen molar-refractivity contribution in [2.45, 2.75) is 83.1 Å². The highest BCUT2D eigenvalue weighted by atomic mass is 16.6. The summed E-state index contributed by atoms with van der Waals surface area (Å²) < 4.78 is 11.6. The van der Waals surface area contributed by atoms with E-state index in [4.69, 9.17) is 9.47 Å². The van der Waals surface area contributed by atoms with Crippen LogP contribution in [0.25, 0.3) is 0 Å². The number of hydrogen-bond acceptors (Lipinski definition) is 4. The summed E-state index contributed by atoms with van der Waals surface area (Å²) in [6.45, 7) is 6.79. The van der Waals surface area contributed by atoms with Gasteiger partial charge in [-0.25, -0.2) is 9.59 Å². The van der Waals surface area contributed by atoms with Gasteiger partial charge in [-0.05, 0) is 83.0 Å². The fourth-order valence-corrected chi connectivity index (χ4v) is 6.69. The van der Waals surface area contributed by atoms with E-state index < -0.39 is 5.60 Å². The highest BCUT2D eigenvalue weighted by Gasteiger charge is 2.52. The van der Waals surface area contributed by atoms with Crippen molar-refractivity contribution in [3.05, 3.63) is 0 Å². The van der Waals surface area contributed by atoms with Crippen molar-refractivity contribution in [2.24, 2.45) is 23.7 Å². The van der Waals surface area contributed by atoms with Crippen LogP contribution in [-0.2, 0) is 9.47 Å². The molecule has 6 bridgehead atoms. The van der Waals surface area contributed by atoms with Gasteiger partial charge in [-0.1, -0.05) is 0 Å². The average molecular weight is 376 g/mol. The number of piperazine rings is 1. The van der Waals surface area contributed by atoms with Crippen LogP contribution in [0.1, 0.15) is 59.3 Å². The first-order valence-corrected chi connectivity index (χ1v) is 10.7. The number of likely N-dealkylation sites (tertiary alicyclic amines) is 2. The van der Waals surface area contributed by atoms with Crippen molar-refractivity contribution in [1.29, 1.82) is 0 Å². The Bertz CT molecular complexity index is 615. The summed E-state index contributed by atoms with van der Waals surface area (Å²) in [6, 6.07) is 0.141. The molecule has 0 aromatic heterocycles. The molecule has 2 amide bonds. The van der Waals surface area contributed by atoms with Crippen LogP contribution in [0.2, 0.25) is 0 Å². The predicted octanol–water partition coefficient (Wildman–Crippen LogP) is 3.64. The number of amides is 2. The van der Waals surface area contributed by atoms with E-state index in [9.17, 15) is 9.59 Å². The van der Waals surface area contributed by atoms with Crippen molar-refractivity contribution in [1.82, 2.24) is 9.80 Å². The van der Waals surface area contributed by atoms with Gasteiger partial charge in [0.15, 0.2) is 0 Å². The molecule has 0 radical (unpaired) electrons. The molecule has 0 spiro atoms. The monoisotopic (exact) mass is 376 g/mol. The largest absolute Gasteiger partial charge is 0.446 e. The highest BCUT2D eigenvalue weighted by molar-refractivity contribution is 5.72. The fraction of sp³-hybridized carbons (Fsp3) is 0.905. The molecule has 6 fully saturated rings. The van der Waals surface area contributed by atoms with Crippen LogP contribution in [-0.4, -0.2) is 58.9 Å². The number of fused-ring (bicyclic) bond motifs is 2. The molecule has 27 heavy (non-hydrogen) atoms. The molecule has 2 atom stereocenters. The first kappa shape index (κ1) is 17.6. The zero-order valence-corrected chi connectivity index (χ0v) is 16.7. The SMILES string of the molecule is CC(C)(C)OC(=O)N1C[C@H]2C[C@H]1CN2C(=O)OC1C2CC3CC(C2)CC1C3. The van der Waals surface area contributed by atoms with Gasteiger partial charge in [-0.3, -0.25) is 0 Å². The summed E-state index contributed by atoms with van der Waals surface area (Å²) in [5, 5.41) is 0. The molecule has 0 N–H and O–H groups in total. The Kier molecular flexibility index (Phi) is 3.93. The van der Waals surface area contributed by atoms with Crippen LogP contribution in [0.4, 0.5) is 9.59 Å². The maximum atomic E-state index is 12.9. The number of hydrogen-bond donors (Lipinski definition) is 0. The minimum Gasteiger partial charge on any atom is -0.446 e. The van der Waals surface area contributed by atoms with E-state index in [2.05, 4.69) is 0 Å². The fourth-order valence-electron chi connectivity index (χ4n) is 6.69. The van der Waals surface area contributed by atoms with Gasteiger partial charge in [0.05, 0.1) is 12.1 Å². The topological polar surface area (TPSA) is 59.1 Å². The van der Waals surface area contributed by atoms with Gasteiger partial charge in [0, 0.05) is 13.1 Å². The first-order chi connectivity index (χ1) is 12.8. The summed E-state index contributed by atoms with van der Waals surface area (Å²) >= 11 is 0. The third-order valence-electron chi connectivity index (χ3n) is 7.48. The number of rotatable bonds is 1. The third kappa shape index (κ3) is 3.09. The van der Waals surface area contributed by atoms with Crippen molar-refractivity contribution in [2.75, 3.05) is 13.1 Å². The molecular formula is C21H32N2O4. The zero-order valence-electron chi connectivity index (χ0n) is 16.7. The summed E-state index contributed by atoms with van der Waals surface area (Å²) in [5.74, 6) is 2.94. The molecule has 4 aliphatic carbocycles. The highest BCUT2D eigenvalue weighted by Crippen LogP contribution is 2.54. The van der Waals surface area contributed by atoms with Gasteiger partial charge in [0.2, 0.25) is 0 Å². The van der Waals surface area contributed by atoms with Gasteiger partial charge >= 0.3 is 12.2 Å². The number of ether oxygens (including phenoxy) is 2. The lowest BCUT2D eigenvalue weighted by atomic mass is 9.55. The van der Waals surface area contributed by atoms with E-state index in [1.165, 1.54) is 32.1 Å². The molecule has 6 aliphatic rings. The first-order valence-electron chi connectivity index (χ1n) is 10.7. The zero-order chi connectivity index (χ0) is 18.9. The summed E-state index contributed by atoms with van der Waals surface area (Å²) in [5.41, 5.74) is -0.489. The van der Waals surface area contributed by atoms with Gasteiger partial charge < -0.3 is 19.3 Å². The Morgan fingerprint density at radius 2 is 1.30 bits per heavy atom. The van der Waals surface area contributed by atoms with E-state index in [-0.39, 0.29) is 30.4 Å². The number of nitrogens with zero attached hydrogens (tertiary/aromatic N) is 2. The molecule has 150 valence electrons. The lowest BCUT2D eigenvalue weighted by Crippen LogP contribution is -2.54. The van der Waals surface area contributed by atoms with Crippen LogP contribution in [0.3, 0.4) is 0 Å². The van der Waals surface area contributed by atoms with Crippen LogP contribution in [0.15, 0.2) is 0 Å². The van der Waals surface area contributed by atoms with Gasteiger partial charge in [0.1, 0.15) is 11.7 Å². The average Bonchev–Trinajstić information content (AvgIpc) is 3.16. The quantitative estimate of drug-likeness (QED) is 0.701. The van der Waals surface area contributed by atoms with Crippen LogP contribution in [0, 0.1) is 23.7 Å². The Balaban J connectivity index is 1.19. The van der Waals surface area contributed by atoms with Gasteiger partial charge in [0.25, 0.3) is 0 Å². The Morgan fingerprint density at radius 1 is 0.778 bits per heavy atom. The minimum atomic E-state index is -0.489. The van der Waals surface area contributed by atoms with E-state index in [0.29, 0.717) is 24.9 Å². The Hall–Kier alpha value is -1.46. The van der Waals surface area contributed by atoms with Crippen molar-refractivity contribution in [3.8, 4) is 0 Å². The van der Waals surface area contributed by atoms with Crippen molar-refractivity contribution < 1.29 is 19.1 Å². The molecule has 2 heterocycles. The number of carbonyl (C=O) groups is 2. The Labute approximate surface area is 161 Å². The van der Waals surface area contributed by atoms with E-state index in [1.54, 1.807) is 4.90 Å². The van der Waals surface area contributed by atoms with E-state index >= 15 is 0 Å². The molecule has 6 nitrogen and oxygen atoms in total. The van der Waals surface area contributed by atoms with Crippen LogP contribution in [0.5, 0.6) is 0 Å². The van der Waals surface area contributed by atoms with E-state index in [0.717, 1.165) is 18.3 Å². The van der Waals surface area contributed by atoms with Crippen molar-refractivity contribution in [3.63, 3.8) is 0 Å². The smallest absolute Gasteiger partial charge is 0.410 e. The summed E-state index contributed by atoms with van der Waals surface area (Å²) in [7, 11) is 0. The molecule has 6 rings (SSSR count). The van der Waals surface area contributed by atoms with Gasteiger partial charge in [-0.2, -0.15) is 0 Å². The molecular weight excluding hydrogens is 344 g/mol. The molecule has 6 heteroatoms. The predicted molar refractivity (Wildman–Crippen MR) is 99.2 cm³/mol. The molecule has 0 unspecified atom stereocenters. The maximum absolute atomic E-state index is 12.9. The third-order valence-corrected chi connectivity index (χ3v) is 7.48. The normalized spacial score (nSPS) is 42.0. The second-order valence-electron chi connectivity index (χ2n) is 10.6. The lowest BCUT2D eigenvalue weighted by molar-refractivity contribution is -0.104. The molecule has 4 saturated carbocycles. The summed E-state index contributed by atoms with van der Waals surface area (Å²) in [6.07, 6.45) is 6.99. The number of carbonyl (C=O) groups excluding carboxylic acids is 2. The van der Waals surface area contributed by atoms with Crippen LogP contribution >= 0.6 is 0 Å². The standard InChI is InChI=1S/C21H32N2O4/c1-21(2,3)27-20(25)23-11-16-9-17(23)10-22(16)19(24)26-18-14-5-12-4-13(7-14)8-15(18)6-12/h12-18H,4-11H2,1-3H3/t12?,13?,14?,15?,16-,17+,18?/m1/s1. The van der Waals surface area contributed by atoms with Crippen LogP contribution < -0.4 is 0 Å². The molecule has 0 aromatic rings. The van der Waals surface area contributed by atoms with Gasteiger partial charge in [-0.15, -0.1) is 0 Å². The molecule has 2 saturated heterocycles. The second-order valence-corrected chi connectivity index (χ2v) is 10.6. The van der Waals surface area contributed by atoms with Crippen molar-refractivity contribution >= 4 is 12.2 Å². The summed E-state index contributed by atoms with van der Waals surface area (Å²) in [4.78, 5) is 28.9. The minimum absolute atomic E-state index is 0.0656. The molecule has 2 aliphatic heterocycles. The lowest BCUT2D eigenvalue weighted by Gasteiger charge is -2.53. The Morgan fingerprint density at radius 3 is 1.78 bits per heavy atom. The maximum Gasteiger partial charge on any atom is 0.410 e. The second kappa shape index (κ2) is 6.02.